The Hall–Kier alpha value is -2.63. The SMILES string of the molecule is C[C@H](Nc1ccccc1)C(=O)Nc1ccccc1OC(F)F. The lowest BCUT2D eigenvalue weighted by molar-refractivity contribution is -0.116. The molecular formula is C16H16F2N2O2. The zero-order valence-electron chi connectivity index (χ0n) is 11.9. The molecule has 0 bridgehead atoms. The highest BCUT2D eigenvalue weighted by molar-refractivity contribution is 5.97. The molecule has 116 valence electrons. The summed E-state index contributed by atoms with van der Waals surface area (Å²) >= 11 is 0. The average Bonchev–Trinajstić information content (AvgIpc) is 2.49. The van der Waals surface area contributed by atoms with Gasteiger partial charge in [0.05, 0.1) is 5.69 Å². The molecule has 0 aliphatic heterocycles. The fourth-order valence-corrected chi connectivity index (χ4v) is 1.86. The van der Waals surface area contributed by atoms with Crippen LogP contribution in [0.2, 0.25) is 0 Å². The summed E-state index contributed by atoms with van der Waals surface area (Å²) in [5.74, 6) is -0.424. The quantitative estimate of drug-likeness (QED) is 0.855. The van der Waals surface area contributed by atoms with Crippen LogP contribution in [-0.2, 0) is 4.79 Å². The fraction of sp³-hybridized carbons (Fsp3) is 0.188. The number of ether oxygens (including phenoxy) is 1. The van der Waals surface area contributed by atoms with Gasteiger partial charge in [0.15, 0.2) is 0 Å². The Bertz CT molecular complexity index is 621. The summed E-state index contributed by atoms with van der Waals surface area (Å²) in [5, 5.41) is 5.60. The van der Waals surface area contributed by atoms with Gasteiger partial charge in [0, 0.05) is 5.69 Å². The van der Waals surface area contributed by atoms with Gasteiger partial charge in [0.1, 0.15) is 11.8 Å². The van der Waals surface area contributed by atoms with Gasteiger partial charge < -0.3 is 15.4 Å². The molecule has 22 heavy (non-hydrogen) atoms. The van der Waals surface area contributed by atoms with E-state index in [4.69, 9.17) is 0 Å². The summed E-state index contributed by atoms with van der Waals surface area (Å²) in [6.07, 6.45) is 0. The Balaban J connectivity index is 2.02. The summed E-state index contributed by atoms with van der Waals surface area (Å²) in [6, 6.07) is 14.7. The van der Waals surface area contributed by atoms with Gasteiger partial charge >= 0.3 is 6.61 Å². The predicted molar refractivity (Wildman–Crippen MR) is 81.2 cm³/mol. The minimum absolute atomic E-state index is 0.0715. The van der Waals surface area contributed by atoms with Gasteiger partial charge in [0.25, 0.3) is 0 Å². The minimum Gasteiger partial charge on any atom is -0.433 e. The number of carbonyl (C=O) groups excluding carboxylic acids is 1. The first kappa shape index (κ1) is 15.8. The number of para-hydroxylation sites is 3. The van der Waals surface area contributed by atoms with Crippen LogP contribution >= 0.6 is 0 Å². The van der Waals surface area contributed by atoms with Crippen LogP contribution in [-0.4, -0.2) is 18.6 Å². The summed E-state index contributed by atoms with van der Waals surface area (Å²) in [6.45, 7) is -1.27. The molecule has 0 aliphatic rings. The van der Waals surface area contributed by atoms with Gasteiger partial charge in [-0.1, -0.05) is 30.3 Å². The van der Waals surface area contributed by atoms with E-state index in [2.05, 4.69) is 15.4 Å². The monoisotopic (exact) mass is 306 g/mol. The Morgan fingerprint density at radius 2 is 1.68 bits per heavy atom. The van der Waals surface area contributed by atoms with Gasteiger partial charge in [-0.05, 0) is 31.2 Å². The maximum absolute atomic E-state index is 12.3. The Morgan fingerprint density at radius 1 is 1.05 bits per heavy atom. The molecule has 0 saturated carbocycles. The van der Waals surface area contributed by atoms with Crippen molar-refractivity contribution in [3.05, 3.63) is 54.6 Å². The topological polar surface area (TPSA) is 50.4 Å². The van der Waals surface area contributed by atoms with Crippen molar-refractivity contribution in [3.63, 3.8) is 0 Å². The third-order valence-electron chi connectivity index (χ3n) is 2.91. The summed E-state index contributed by atoms with van der Waals surface area (Å²) < 4.78 is 29.0. The molecule has 0 aromatic heterocycles. The van der Waals surface area contributed by atoms with Crippen LogP contribution in [0.5, 0.6) is 5.75 Å². The normalized spacial score (nSPS) is 11.8. The van der Waals surface area contributed by atoms with Crippen molar-refractivity contribution in [2.45, 2.75) is 19.6 Å². The van der Waals surface area contributed by atoms with Gasteiger partial charge in [-0.2, -0.15) is 8.78 Å². The van der Waals surface area contributed by atoms with Crippen LogP contribution in [0, 0.1) is 0 Å². The highest BCUT2D eigenvalue weighted by atomic mass is 19.3. The van der Waals surface area contributed by atoms with Crippen molar-refractivity contribution >= 4 is 17.3 Å². The largest absolute Gasteiger partial charge is 0.433 e. The highest BCUT2D eigenvalue weighted by Gasteiger charge is 2.16. The summed E-state index contributed by atoms with van der Waals surface area (Å²) in [5.41, 5.74) is 0.997. The van der Waals surface area contributed by atoms with Crippen molar-refractivity contribution in [2.75, 3.05) is 10.6 Å². The van der Waals surface area contributed by atoms with Crippen molar-refractivity contribution in [1.82, 2.24) is 0 Å². The van der Waals surface area contributed by atoms with E-state index in [0.29, 0.717) is 0 Å². The van der Waals surface area contributed by atoms with Gasteiger partial charge in [-0.3, -0.25) is 4.79 Å². The number of carbonyl (C=O) groups is 1. The van der Waals surface area contributed by atoms with Gasteiger partial charge in [0.2, 0.25) is 5.91 Å². The first-order valence-corrected chi connectivity index (χ1v) is 6.72. The van der Waals surface area contributed by atoms with E-state index in [1.807, 2.05) is 30.3 Å². The lowest BCUT2D eigenvalue weighted by Crippen LogP contribution is -2.32. The lowest BCUT2D eigenvalue weighted by atomic mass is 10.2. The van der Waals surface area contributed by atoms with Crippen molar-refractivity contribution < 1.29 is 18.3 Å². The Kier molecular flexibility index (Phi) is 5.30. The molecule has 1 amide bonds. The van der Waals surface area contributed by atoms with Crippen LogP contribution in [0.15, 0.2) is 54.6 Å². The molecule has 0 heterocycles. The van der Waals surface area contributed by atoms with Crippen molar-refractivity contribution in [1.29, 1.82) is 0 Å². The van der Waals surface area contributed by atoms with Crippen molar-refractivity contribution in [3.8, 4) is 5.75 Å². The molecule has 4 nitrogen and oxygen atoms in total. The zero-order chi connectivity index (χ0) is 15.9. The molecule has 1 atom stereocenters. The molecule has 0 radical (unpaired) electrons. The number of amides is 1. The molecule has 0 spiro atoms. The van der Waals surface area contributed by atoms with Crippen LogP contribution in [0.3, 0.4) is 0 Å². The smallest absolute Gasteiger partial charge is 0.387 e. The van der Waals surface area contributed by atoms with E-state index < -0.39 is 12.7 Å². The highest BCUT2D eigenvalue weighted by Crippen LogP contribution is 2.25. The number of halogens is 2. The fourth-order valence-electron chi connectivity index (χ4n) is 1.86. The van der Waals surface area contributed by atoms with Gasteiger partial charge in [-0.15, -0.1) is 0 Å². The first-order chi connectivity index (χ1) is 10.6. The number of anilines is 2. The van der Waals surface area contributed by atoms with E-state index in [1.165, 1.54) is 12.1 Å². The Morgan fingerprint density at radius 3 is 2.36 bits per heavy atom. The second-order valence-electron chi connectivity index (χ2n) is 4.60. The van der Waals surface area contributed by atoms with Crippen LogP contribution in [0.4, 0.5) is 20.2 Å². The molecule has 2 N–H and O–H groups in total. The number of hydrogen-bond acceptors (Lipinski definition) is 3. The summed E-state index contributed by atoms with van der Waals surface area (Å²) in [7, 11) is 0. The maximum atomic E-state index is 12.3. The molecule has 0 unspecified atom stereocenters. The number of rotatable bonds is 6. The van der Waals surface area contributed by atoms with Crippen LogP contribution < -0.4 is 15.4 Å². The van der Waals surface area contributed by atoms with E-state index >= 15 is 0 Å². The number of alkyl halides is 2. The standard InChI is InChI=1S/C16H16F2N2O2/c1-11(19-12-7-3-2-4-8-12)15(21)20-13-9-5-6-10-14(13)22-16(17)18/h2-11,16,19H,1H3,(H,20,21)/t11-/m0/s1. The van der Waals surface area contributed by atoms with Crippen LogP contribution in [0.1, 0.15) is 6.92 Å². The van der Waals surface area contributed by atoms with E-state index in [9.17, 15) is 13.6 Å². The van der Waals surface area contributed by atoms with Crippen molar-refractivity contribution in [2.24, 2.45) is 0 Å². The van der Waals surface area contributed by atoms with Gasteiger partial charge in [-0.25, -0.2) is 0 Å². The predicted octanol–water partition coefficient (Wildman–Crippen LogP) is 3.73. The third-order valence-corrected chi connectivity index (χ3v) is 2.91. The third kappa shape index (κ3) is 4.44. The number of nitrogens with one attached hydrogen (secondary N) is 2. The first-order valence-electron chi connectivity index (χ1n) is 6.72. The minimum atomic E-state index is -2.95. The maximum Gasteiger partial charge on any atom is 0.387 e. The zero-order valence-corrected chi connectivity index (χ0v) is 11.9. The molecule has 0 aliphatic carbocycles. The molecular weight excluding hydrogens is 290 g/mol. The van der Waals surface area contributed by atoms with E-state index in [0.717, 1.165) is 5.69 Å². The average molecular weight is 306 g/mol. The molecule has 0 fully saturated rings. The second-order valence-corrected chi connectivity index (χ2v) is 4.60. The second kappa shape index (κ2) is 7.40. The molecule has 0 saturated heterocycles. The van der Waals surface area contributed by atoms with E-state index in [1.54, 1.807) is 19.1 Å². The number of hydrogen-bond donors (Lipinski definition) is 2. The molecule has 2 aromatic rings. The van der Waals surface area contributed by atoms with E-state index in [-0.39, 0.29) is 17.3 Å². The summed E-state index contributed by atoms with van der Waals surface area (Å²) in [4.78, 5) is 12.1. The van der Waals surface area contributed by atoms with Crippen LogP contribution in [0.25, 0.3) is 0 Å². The molecule has 2 rings (SSSR count). The number of benzene rings is 2. The Labute approximate surface area is 127 Å². The molecule has 2 aromatic carbocycles. The molecule has 6 heteroatoms. The lowest BCUT2D eigenvalue weighted by Gasteiger charge is -2.17.